The predicted molar refractivity (Wildman–Crippen MR) is 77.5 cm³/mol. The van der Waals surface area contributed by atoms with Crippen LogP contribution < -0.4 is 5.32 Å². The van der Waals surface area contributed by atoms with Gasteiger partial charge in [0.25, 0.3) is 0 Å². The van der Waals surface area contributed by atoms with Crippen LogP contribution in [0, 0.1) is 11.6 Å². The number of nitrogens with one attached hydrogen (secondary N) is 1. The molecule has 0 fully saturated rings. The largest absolute Gasteiger partial charge is 0.457 e. The molecule has 5 heteroatoms. The molecule has 0 spiro atoms. The highest BCUT2D eigenvalue weighted by atomic mass is 79.9. The lowest BCUT2D eigenvalue weighted by atomic mass is 10.0. The molecule has 0 saturated heterocycles. The van der Waals surface area contributed by atoms with Crippen molar-refractivity contribution in [3.63, 3.8) is 0 Å². The second kappa shape index (κ2) is 6.99. The molecule has 20 heavy (non-hydrogen) atoms. The summed E-state index contributed by atoms with van der Waals surface area (Å²) in [5.41, 5.74) is 1.72. The Bertz CT molecular complexity index is 571. The van der Waals surface area contributed by atoms with Gasteiger partial charge in [-0.15, -0.1) is 0 Å². The van der Waals surface area contributed by atoms with Gasteiger partial charge in [0, 0.05) is 11.6 Å². The summed E-state index contributed by atoms with van der Waals surface area (Å²) in [6.07, 6.45) is 3.16. The van der Waals surface area contributed by atoms with Gasteiger partial charge in [-0.05, 0) is 59.1 Å². The van der Waals surface area contributed by atoms with Gasteiger partial charge in [0.1, 0.15) is 0 Å². The van der Waals surface area contributed by atoms with Crippen molar-refractivity contribution < 1.29 is 13.2 Å². The van der Waals surface area contributed by atoms with Crippen LogP contribution in [0.1, 0.15) is 30.5 Å². The Morgan fingerprint density at radius 2 is 2.05 bits per heavy atom. The monoisotopic (exact) mass is 343 g/mol. The van der Waals surface area contributed by atoms with Crippen LogP contribution >= 0.6 is 15.9 Å². The summed E-state index contributed by atoms with van der Waals surface area (Å²) >= 11 is 3.36. The van der Waals surface area contributed by atoms with E-state index in [9.17, 15) is 8.78 Å². The summed E-state index contributed by atoms with van der Waals surface area (Å²) in [6.45, 7) is 2.91. The number of benzene rings is 1. The predicted octanol–water partition coefficient (Wildman–Crippen LogP) is 4.60. The first-order valence-electron chi connectivity index (χ1n) is 6.52. The van der Waals surface area contributed by atoms with Crippen molar-refractivity contribution in [2.75, 3.05) is 6.54 Å². The van der Waals surface area contributed by atoms with Gasteiger partial charge in [-0.25, -0.2) is 8.78 Å². The van der Waals surface area contributed by atoms with Crippen molar-refractivity contribution in [3.8, 4) is 0 Å². The second-order valence-corrected chi connectivity index (χ2v) is 5.33. The van der Waals surface area contributed by atoms with Gasteiger partial charge in [0.05, 0.1) is 6.26 Å². The van der Waals surface area contributed by atoms with Crippen LogP contribution in [0.15, 0.2) is 39.6 Å². The van der Waals surface area contributed by atoms with Crippen LogP contribution in [0.4, 0.5) is 8.78 Å². The molecule has 0 radical (unpaired) electrons. The molecule has 0 amide bonds. The molecular formula is C15H16BrF2NO. The maximum Gasteiger partial charge on any atom is 0.173 e. The third kappa shape index (κ3) is 3.67. The van der Waals surface area contributed by atoms with Gasteiger partial charge >= 0.3 is 0 Å². The fraction of sp³-hybridized carbons (Fsp3) is 0.333. The van der Waals surface area contributed by atoms with E-state index in [2.05, 4.69) is 28.2 Å². The summed E-state index contributed by atoms with van der Waals surface area (Å²) in [4.78, 5) is 0. The average Bonchev–Trinajstić information content (AvgIpc) is 2.85. The minimum Gasteiger partial charge on any atom is -0.457 e. The molecule has 2 rings (SSSR count). The minimum atomic E-state index is -0.823. The van der Waals surface area contributed by atoms with Gasteiger partial charge in [-0.1, -0.05) is 13.0 Å². The smallest absolute Gasteiger partial charge is 0.173 e. The SMILES string of the molecule is CCCNC(Cc1ccc(F)c(F)c1)c1ccoc1Br. The number of hydrogen-bond acceptors (Lipinski definition) is 2. The molecule has 108 valence electrons. The molecule has 1 aromatic heterocycles. The summed E-state index contributed by atoms with van der Waals surface area (Å²) < 4.78 is 32.2. The van der Waals surface area contributed by atoms with E-state index in [4.69, 9.17) is 4.42 Å². The third-order valence-corrected chi connectivity index (χ3v) is 3.73. The van der Waals surface area contributed by atoms with Crippen LogP contribution in [0.5, 0.6) is 0 Å². The lowest BCUT2D eigenvalue weighted by Crippen LogP contribution is -2.24. The molecule has 1 aromatic carbocycles. The zero-order chi connectivity index (χ0) is 14.5. The minimum absolute atomic E-state index is 0.00654. The van der Waals surface area contributed by atoms with E-state index in [1.165, 1.54) is 6.07 Å². The molecule has 0 bridgehead atoms. The van der Waals surface area contributed by atoms with E-state index >= 15 is 0 Å². The summed E-state index contributed by atoms with van der Waals surface area (Å²) in [5, 5.41) is 3.39. The Balaban J connectivity index is 2.19. The molecular weight excluding hydrogens is 328 g/mol. The molecule has 2 aromatic rings. The normalized spacial score (nSPS) is 12.6. The molecule has 1 heterocycles. The van der Waals surface area contributed by atoms with Crippen molar-refractivity contribution in [1.29, 1.82) is 0 Å². The molecule has 1 atom stereocenters. The van der Waals surface area contributed by atoms with Gasteiger partial charge in [-0.2, -0.15) is 0 Å². The van der Waals surface area contributed by atoms with E-state index in [1.807, 2.05) is 6.07 Å². The zero-order valence-corrected chi connectivity index (χ0v) is 12.7. The summed E-state index contributed by atoms with van der Waals surface area (Å²) in [6, 6.07) is 5.87. The zero-order valence-electron chi connectivity index (χ0n) is 11.1. The van der Waals surface area contributed by atoms with Gasteiger partial charge in [0.2, 0.25) is 0 Å². The van der Waals surface area contributed by atoms with Gasteiger partial charge < -0.3 is 9.73 Å². The van der Waals surface area contributed by atoms with Crippen molar-refractivity contribution >= 4 is 15.9 Å². The maximum absolute atomic E-state index is 13.3. The van der Waals surface area contributed by atoms with Crippen LogP contribution in [-0.2, 0) is 6.42 Å². The van der Waals surface area contributed by atoms with E-state index in [-0.39, 0.29) is 6.04 Å². The third-order valence-electron chi connectivity index (χ3n) is 3.09. The van der Waals surface area contributed by atoms with E-state index < -0.39 is 11.6 Å². The highest BCUT2D eigenvalue weighted by Gasteiger charge is 2.17. The molecule has 0 aliphatic heterocycles. The fourth-order valence-corrected chi connectivity index (χ4v) is 2.58. The van der Waals surface area contributed by atoms with E-state index in [0.717, 1.165) is 30.2 Å². The lowest BCUT2D eigenvalue weighted by Gasteiger charge is -2.18. The first kappa shape index (κ1) is 15.2. The number of halogens is 3. The number of furan rings is 1. The Kier molecular flexibility index (Phi) is 5.31. The van der Waals surface area contributed by atoms with Gasteiger partial charge in [-0.3, -0.25) is 0 Å². The maximum atomic E-state index is 13.3. The van der Waals surface area contributed by atoms with E-state index in [0.29, 0.717) is 11.1 Å². The van der Waals surface area contributed by atoms with Crippen LogP contribution in [0.25, 0.3) is 0 Å². The van der Waals surface area contributed by atoms with Crippen molar-refractivity contribution in [2.45, 2.75) is 25.8 Å². The quantitative estimate of drug-likeness (QED) is 0.828. The fourth-order valence-electron chi connectivity index (χ4n) is 2.07. The molecule has 0 aliphatic rings. The van der Waals surface area contributed by atoms with Crippen molar-refractivity contribution in [2.24, 2.45) is 0 Å². The molecule has 2 nitrogen and oxygen atoms in total. The average molecular weight is 344 g/mol. The molecule has 0 saturated carbocycles. The first-order valence-corrected chi connectivity index (χ1v) is 7.31. The molecule has 0 aliphatic carbocycles. The Labute approximate surface area is 125 Å². The highest BCUT2D eigenvalue weighted by Crippen LogP contribution is 2.27. The van der Waals surface area contributed by atoms with Gasteiger partial charge in [0.15, 0.2) is 16.3 Å². The first-order chi connectivity index (χ1) is 9.61. The summed E-state index contributed by atoms with van der Waals surface area (Å²) in [7, 11) is 0. The topological polar surface area (TPSA) is 25.2 Å². The van der Waals surface area contributed by atoms with Crippen molar-refractivity contribution in [1.82, 2.24) is 5.32 Å². The molecule has 1 unspecified atom stereocenters. The summed E-state index contributed by atoms with van der Waals surface area (Å²) in [5.74, 6) is -1.64. The Hall–Kier alpha value is -1.20. The Morgan fingerprint density at radius 3 is 2.65 bits per heavy atom. The number of rotatable bonds is 6. The lowest BCUT2D eigenvalue weighted by molar-refractivity contribution is 0.490. The highest BCUT2D eigenvalue weighted by molar-refractivity contribution is 9.10. The second-order valence-electron chi connectivity index (χ2n) is 4.61. The molecule has 1 N–H and O–H groups in total. The number of hydrogen-bond donors (Lipinski definition) is 1. The Morgan fingerprint density at radius 1 is 1.25 bits per heavy atom. The van der Waals surface area contributed by atoms with Crippen LogP contribution in [-0.4, -0.2) is 6.54 Å². The van der Waals surface area contributed by atoms with E-state index in [1.54, 1.807) is 12.3 Å². The van der Waals surface area contributed by atoms with Crippen LogP contribution in [0.3, 0.4) is 0 Å². The standard InChI is InChI=1S/C15H16BrF2NO/c1-2-6-19-14(11-5-7-20-15(11)16)9-10-3-4-12(17)13(18)8-10/h3-5,7-8,14,19H,2,6,9H2,1H3. The van der Waals surface area contributed by atoms with Crippen molar-refractivity contribution in [3.05, 3.63) is 58.0 Å². The van der Waals surface area contributed by atoms with Crippen LogP contribution in [0.2, 0.25) is 0 Å².